The number of aryl methyl sites for hydroxylation is 1. The second kappa shape index (κ2) is 8.82. The van der Waals surface area contributed by atoms with Crippen molar-refractivity contribution in [1.82, 2.24) is 9.97 Å². The summed E-state index contributed by atoms with van der Waals surface area (Å²) in [6.07, 6.45) is 3.26. The van der Waals surface area contributed by atoms with E-state index in [9.17, 15) is 9.18 Å². The van der Waals surface area contributed by atoms with E-state index in [1.54, 1.807) is 12.4 Å². The van der Waals surface area contributed by atoms with Crippen LogP contribution in [0.1, 0.15) is 5.56 Å². The summed E-state index contributed by atoms with van der Waals surface area (Å²) in [6, 6.07) is 13.7. The average Bonchev–Trinajstić information content (AvgIpc) is 2.65. The number of hydrogen-bond acceptors (Lipinski definition) is 5. The zero-order chi connectivity index (χ0) is 18.4. The minimum absolute atomic E-state index is 0.181. The van der Waals surface area contributed by atoms with Crippen molar-refractivity contribution >= 4 is 35.1 Å². The number of hydrogen-bond donors (Lipinski definition) is 1. The first kappa shape index (κ1) is 18.4. The third-order valence-electron chi connectivity index (χ3n) is 3.40. The monoisotopic (exact) mass is 385 g/mol. The van der Waals surface area contributed by atoms with Crippen LogP contribution in [0.15, 0.2) is 75.9 Å². The van der Waals surface area contributed by atoms with Crippen LogP contribution in [0.4, 0.5) is 10.1 Å². The van der Waals surface area contributed by atoms with Crippen LogP contribution < -0.4 is 5.32 Å². The molecule has 2 aromatic carbocycles. The molecule has 0 fully saturated rings. The zero-order valence-corrected chi connectivity index (χ0v) is 15.6. The number of anilines is 1. The van der Waals surface area contributed by atoms with Gasteiger partial charge in [-0.2, -0.15) is 0 Å². The van der Waals surface area contributed by atoms with E-state index in [2.05, 4.69) is 15.3 Å². The van der Waals surface area contributed by atoms with Gasteiger partial charge in [0.05, 0.1) is 5.75 Å². The Labute approximate surface area is 159 Å². The molecule has 3 aromatic rings. The highest BCUT2D eigenvalue weighted by molar-refractivity contribution is 8.02. The number of amides is 1. The summed E-state index contributed by atoms with van der Waals surface area (Å²) in [5, 5.41) is 4.21. The predicted octanol–water partition coefficient (Wildman–Crippen LogP) is 4.81. The molecule has 1 N–H and O–H groups in total. The molecule has 0 aliphatic heterocycles. The fraction of sp³-hybridized carbons (Fsp3) is 0.105. The van der Waals surface area contributed by atoms with Gasteiger partial charge in [-0.1, -0.05) is 41.7 Å². The lowest BCUT2D eigenvalue weighted by Crippen LogP contribution is -2.14. The number of thioether (sulfide) groups is 1. The Morgan fingerprint density at radius 3 is 2.46 bits per heavy atom. The first-order chi connectivity index (χ1) is 12.6. The lowest BCUT2D eigenvalue weighted by molar-refractivity contribution is -0.113. The van der Waals surface area contributed by atoms with Gasteiger partial charge in [-0.15, -0.1) is 0 Å². The third kappa shape index (κ3) is 5.06. The van der Waals surface area contributed by atoms with Crippen LogP contribution in [0.2, 0.25) is 0 Å². The first-order valence-corrected chi connectivity index (χ1v) is 9.65. The van der Waals surface area contributed by atoms with Crippen LogP contribution in [0.5, 0.6) is 0 Å². The van der Waals surface area contributed by atoms with Crippen molar-refractivity contribution in [2.75, 3.05) is 11.1 Å². The largest absolute Gasteiger partial charge is 0.325 e. The molecule has 1 heterocycles. The van der Waals surface area contributed by atoms with Crippen LogP contribution in [0, 0.1) is 12.7 Å². The van der Waals surface area contributed by atoms with Crippen molar-refractivity contribution in [3.05, 3.63) is 72.3 Å². The lowest BCUT2D eigenvalue weighted by Gasteiger charge is -2.09. The second-order valence-electron chi connectivity index (χ2n) is 5.38. The highest BCUT2D eigenvalue weighted by Crippen LogP contribution is 2.34. The van der Waals surface area contributed by atoms with Gasteiger partial charge in [0.25, 0.3) is 0 Å². The number of halogens is 1. The van der Waals surface area contributed by atoms with Crippen LogP contribution in [-0.4, -0.2) is 21.6 Å². The zero-order valence-electron chi connectivity index (χ0n) is 14.0. The van der Waals surface area contributed by atoms with Crippen molar-refractivity contribution in [3.63, 3.8) is 0 Å². The SMILES string of the molecule is Cc1ccccc1Sc1nccnc1SCC(=O)Nc1ccc(F)cc1. The summed E-state index contributed by atoms with van der Waals surface area (Å²) in [5.41, 5.74) is 1.72. The van der Waals surface area contributed by atoms with Gasteiger partial charge in [0, 0.05) is 23.0 Å². The van der Waals surface area contributed by atoms with Crippen molar-refractivity contribution in [2.24, 2.45) is 0 Å². The Hall–Kier alpha value is -2.38. The quantitative estimate of drug-likeness (QED) is 0.618. The molecule has 0 saturated heterocycles. The fourth-order valence-electron chi connectivity index (χ4n) is 2.12. The summed E-state index contributed by atoms with van der Waals surface area (Å²) in [7, 11) is 0. The predicted molar refractivity (Wildman–Crippen MR) is 103 cm³/mol. The van der Waals surface area contributed by atoms with Gasteiger partial charge in [0.2, 0.25) is 5.91 Å². The van der Waals surface area contributed by atoms with Crippen molar-refractivity contribution in [3.8, 4) is 0 Å². The summed E-state index contributed by atoms with van der Waals surface area (Å²) < 4.78 is 12.9. The first-order valence-electron chi connectivity index (χ1n) is 7.84. The Morgan fingerprint density at radius 2 is 1.73 bits per heavy atom. The fourth-order valence-corrected chi connectivity index (χ4v) is 3.91. The van der Waals surface area contributed by atoms with Gasteiger partial charge in [-0.3, -0.25) is 4.79 Å². The number of carbonyl (C=O) groups is 1. The topological polar surface area (TPSA) is 54.9 Å². The maximum Gasteiger partial charge on any atom is 0.234 e. The molecule has 0 saturated carbocycles. The van der Waals surface area contributed by atoms with E-state index in [0.29, 0.717) is 10.7 Å². The number of nitrogens with zero attached hydrogens (tertiary/aromatic N) is 2. The minimum atomic E-state index is -0.338. The molecule has 0 unspecified atom stereocenters. The molecule has 0 atom stereocenters. The minimum Gasteiger partial charge on any atom is -0.325 e. The summed E-state index contributed by atoms with van der Waals surface area (Å²) in [5.74, 6) is -0.328. The van der Waals surface area contributed by atoms with E-state index in [-0.39, 0.29) is 17.5 Å². The van der Waals surface area contributed by atoms with E-state index in [1.165, 1.54) is 47.8 Å². The van der Waals surface area contributed by atoms with Crippen molar-refractivity contribution in [2.45, 2.75) is 21.9 Å². The Kier molecular flexibility index (Phi) is 6.25. The number of rotatable bonds is 6. The number of aromatic nitrogens is 2. The van der Waals surface area contributed by atoms with Crippen LogP contribution in [0.3, 0.4) is 0 Å². The molecule has 3 rings (SSSR count). The number of benzene rings is 2. The Bertz CT molecular complexity index is 903. The van der Waals surface area contributed by atoms with Crippen LogP contribution in [0.25, 0.3) is 0 Å². The summed E-state index contributed by atoms with van der Waals surface area (Å²) in [4.78, 5) is 22.0. The normalized spacial score (nSPS) is 10.5. The van der Waals surface area contributed by atoms with Gasteiger partial charge in [-0.05, 0) is 42.8 Å². The van der Waals surface area contributed by atoms with Gasteiger partial charge in [0.1, 0.15) is 15.9 Å². The summed E-state index contributed by atoms with van der Waals surface area (Å²) in [6.45, 7) is 2.04. The summed E-state index contributed by atoms with van der Waals surface area (Å²) >= 11 is 2.85. The molecule has 7 heteroatoms. The maximum atomic E-state index is 12.9. The van der Waals surface area contributed by atoms with Crippen LogP contribution >= 0.6 is 23.5 Å². The van der Waals surface area contributed by atoms with E-state index >= 15 is 0 Å². The second-order valence-corrected chi connectivity index (χ2v) is 7.37. The molecule has 0 radical (unpaired) electrons. The molecule has 0 spiro atoms. The molecule has 1 aromatic heterocycles. The van der Waals surface area contributed by atoms with E-state index < -0.39 is 0 Å². The number of carbonyl (C=O) groups excluding carboxylic acids is 1. The third-order valence-corrected chi connectivity index (χ3v) is 5.68. The van der Waals surface area contributed by atoms with Gasteiger partial charge in [0.15, 0.2) is 0 Å². The molecule has 132 valence electrons. The molecule has 1 amide bonds. The highest BCUT2D eigenvalue weighted by atomic mass is 32.2. The van der Waals surface area contributed by atoms with Crippen LogP contribution in [-0.2, 0) is 4.79 Å². The van der Waals surface area contributed by atoms with Crippen molar-refractivity contribution in [1.29, 1.82) is 0 Å². The highest BCUT2D eigenvalue weighted by Gasteiger charge is 2.12. The lowest BCUT2D eigenvalue weighted by atomic mass is 10.2. The van der Waals surface area contributed by atoms with E-state index in [4.69, 9.17) is 0 Å². The maximum absolute atomic E-state index is 12.9. The molecule has 0 aliphatic rings. The smallest absolute Gasteiger partial charge is 0.234 e. The van der Waals surface area contributed by atoms with E-state index in [0.717, 1.165) is 15.5 Å². The van der Waals surface area contributed by atoms with Gasteiger partial charge < -0.3 is 5.32 Å². The molecular weight excluding hydrogens is 369 g/mol. The molecule has 4 nitrogen and oxygen atoms in total. The molecular formula is C19H16FN3OS2. The molecule has 26 heavy (non-hydrogen) atoms. The average molecular weight is 385 g/mol. The van der Waals surface area contributed by atoms with Crippen molar-refractivity contribution < 1.29 is 9.18 Å². The Balaban J connectivity index is 1.64. The molecule has 0 aliphatic carbocycles. The standard InChI is InChI=1S/C19H16FN3OS2/c1-13-4-2-3-5-16(13)26-19-18(21-10-11-22-19)25-12-17(24)23-15-8-6-14(20)7-9-15/h2-11H,12H2,1H3,(H,23,24). The van der Waals surface area contributed by atoms with Gasteiger partial charge >= 0.3 is 0 Å². The molecule has 0 bridgehead atoms. The van der Waals surface area contributed by atoms with E-state index in [1.807, 2.05) is 31.2 Å². The number of nitrogens with one attached hydrogen (secondary N) is 1. The van der Waals surface area contributed by atoms with Gasteiger partial charge in [-0.25, -0.2) is 14.4 Å². The Morgan fingerprint density at radius 1 is 1.04 bits per heavy atom.